The Labute approximate surface area is 111 Å². The largest absolute Gasteiger partial charge is 0.435 e. The molecule has 1 aromatic carbocycles. The first-order valence-corrected chi connectivity index (χ1v) is 6.33. The van der Waals surface area contributed by atoms with Crippen molar-refractivity contribution in [3.63, 3.8) is 0 Å². The lowest BCUT2D eigenvalue weighted by Gasteiger charge is -2.21. The SMILES string of the molecule is CC1(C)CNCC(c2ccc(OC(F)F)cc2)OC1. The van der Waals surface area contributed by atoms with Gasteiger partial charge in [-0.15, -0.1) is 0 Å². The highest BCUT2D eigenvalue weighted by Gasteiger charge is 2.25. The summed E-state index contributed by atoms with van der Waals surface area (Å²) in [6, 6.07) is 6.62. The van der Waals surface area contributed by atoms with E-state index in [1.807, 2.05) is 0 Å². The van der Waals surface area contributed by atoms with Crippen LogP contribution in [-0.2, 0) is 4.74 Å². The molecule has 0 bridgehead atoms. The van der Waals surface area contributed by atoms with Gasteiger partial charge in [0.15, 0.2) is 0 Å². The molecule has 5 heteroatoms. The van der Waals surface area contributed by atoms with E-state index in [1.165, 1.54) is 0 Å². The Morgan fingerprint density at radius 1 is 1.32 bits per heavy atom. The fraction of sp³-hybridized carbons (Fsp3) is 0.571. The molecule has 0 radical (unpaired) electrons. The van der Waals surface area contributed by atoms with E-state index in [0.717, 1.165) is 18.7 Å². The molecule has 0 saturated carbocycles. The number of halogens is 2. The zero-order valence-corrected chi connectivity index (χ0v) is 11.2. The summed E-state index contributed by atoms with van der Waals surface area (Å²) in [7, 11) is 0. The first-order valence-electron chi connectivity index (χ1n) is 6.33. The van der Waals surface area contributed by atoms with E-state index in [0.29, 0.717) is 6.61 Å². The molecule has 1 N–H and O–H groups in total. The third kappa shape index (κ3) is 4.14. The smallest absolute Gasteiger partial charge is 0.387 e. The zero-order chi connectivity index (χ0) is 13.9. The molecule has 1 heterocycles. The van der Waals surface area contributed by atoms with Crippen molar-refractivity contribution in [2.24, 2.45) is 5.41 Å². The Morgan fingerprint density at radius 3 is 2.63 bits per heavy atom. The van der Waals surface area contributed by atoms with Crippen LogP contribution in [0.25, 0.3) is 0 Å². The average molecular weight is 271 g/mol. The molecule has 0 spiro atoms. The van der Waals surface area contributed by atoms with E-state index in [-0.39, 0.29) is 17.3 Å². The summed E-state index contributed by atoms with van der Waals surface area (Å²) < 4.78 is 34.3. The van der Waals surface area contributed by atoms with Crippen LogP contribution >= 0.6 is 0 Å². The zero-order valence-electron chi connectivity index (χ0n) is 11.2. The van der Waals surface area contributed by atoms with Crippen LogP contribution in [0.1, 0.15) is 25.5 Å². The van der Waals surface area contributed by atoms with Crippen LogP contribution < -0.4 is 10.1 Å². The normalized spacial score (nSPS) is 23.1. The van der Waals surface area contributed by atoms with Gasteiger partial charge in [-0.2, -0.15) is 8.78 Å². The van der Waals surface area contributed by atoms with Gasteiger partial charge in [-0.1, -0.05) is 26.0 Å². The van der Waals surface area contributed by atoms with Crippen LogP contribution in [0.3, 0.4) is 0 Å². The van der Waals surface area contributed by atoms with Crippen LogP contribution in [-0.4, -0.2) is 26.3 Å². The van der Waals surface area contributed by atoms with Gasteiger partial charge in [-0.3, -0.25) is 0 Å². The maximum Gasteiger partial charge on any atom is 0.387 e. The lowest BCUT2D eigenvalue weighted by molar-refractivity contribution is -0.0498. The second kappa shape index (κ2) is 5.84. The summed E-state index contributed by atoms with van der Waals surface area (Å²) in [5, 5.41) is 3.36. The molecule has 1 aromatic rings. The molecule has 0 aliphatic carbocycles. The summed E-state index contributed by atoms with van der Waals surface area (Å²) in [5.74, 6) is 0.167. The van der Waals surface area contributed by atoms with Crippen LogP contribution in [0.4, 0.5) is 8.78 Å². The number of nitrogens with one attached hydrogen (secondary N) is 1. The lowest BCUT2D eigenvalue weighted by Crippen LogP contribution is -2.29. The van der Waals surface area contributed by atoms with Gasteiger partial charge in [-0.05, 0) is 17.7 Å². The summed E-state index contributed by atoms with van der Waals surface area (Å²) in [6.45, 7) is 3.78. The Morgan fingerprint density at radius 2 is 2.00 bits per heavy atom. The van der Waals surface area contributed by atoms with Gasteiger partial charge >= 0.3 is 6.61 Å². The van der Waals surface area contributed by atoms with Gasteiger partial charge in [0.05, 0.1) is 12.7 Å². The van der Waals surface area contributed by atoms with Crippen molar-refractivity contribution >= 4 is 0 Å². The summed E-state index contributed by atoms with van der Waals surface area (Å²) in [4.78, 5) is 0. The van der Waals surface area contributed by atoms with Crippen LogP contribution in [0.5, 0.6) is 5.75 Å². The lowest BCUT2D eigenvalue weighted by atomic mass is 9.95. The van der Waals surface area contributed by atoms with E-state index in [2.05, 4.69) is 23.9 Å². The third-order valence-electron chi connectivity index (χ3n) is 3.09. The van der Waals surface area contributed by atoms with E-state index in [1.54, 1.807) is 24.3 Å². The number of alkyl halides is 2. The van der Waals surface area contributed by atoms with Crippen molar-refractivity contribution in [1.29, 1.82) is 0 Å². The van der Waals surface area contributed by atoms with Crippen LogP contribution in [0, 0.1) is 5.41 Å². The van der Waals surface area contributed by atoms with Crippen molar-refractivity contribution in [1.82, 2.24) is 5.32 Å². The highest BCUT2D eigenvalue weighted by atomic mass is 19.3. The van der Waals surface area contributed by atoms with Crippen LogP contribution in [0.2, 0.25) is 0 Å². The molecule has 1 atom stereocenters. The molecule has 0 aromatic heterocycles. The minimum Gasteiger partial charge on any atom is -0.435 e. The van der Waals surface area contributed by atoms with E-state index in [9.17, 15) is 8.78 Å². The molecule has 3 nitrogen and oxygen atoms in total. The van der Waals surface area contributed by atoms with E-state index >= 15 is 0 Å². The van der Waals surface area contributed by atoms with E-state index < -0.39 is 6.61 Å². The molecule has 19 heavy (non-hydrogen) atoms. The Hall–Kier alpha value is -1.20. The average Bonchev–Trinajstić information content (AvgIpc) is 2.51. The molecule has 1 aliphatic heterocycles. The van der Waals surface area contributed by atoms with Crippen molar-refractivity contribution in [3.8, 4) is 5.75 Å². The monoisotopic (exact) mass is 271 g/mol. The minimum atomic E-state index is -2.79. The Bertz CT molecular complexity index is 406. The molecule has 1 aliphatic rings. The molecular formula is C14H19F2NO2. The van der Waals surface area contributed by atoms with Crippen molar-refractivity contribution in [2.75, 3.05) is 19.7 Å². The van der Waals surface area contributed by atoms with Crippen LogP contribution in [0.15, 0.2) is 24.3 Å². The summed E-state index contributed by atoms with van der Waals surface area (Å²) in [6.07, 6.45) is -0.0534. The molecular weight excluding hydrogens is 252 g/mol. The van der Waals surface area contributed by atoms with Gasteiger partial charge in [0.1, 0.15) is 5.75 Å². The van der Waals surface area contributed by atoms with Crippen molar-refractivity contribution < 1.29 is 18.3 Å². The first kappa shape index (κ1) is 14.2. The number of rotatable bonds is 3. The first-order chi connectivity index (χ1) is 8.96. The summed E-state index contributed by atoms with van der Waals surface area (Å²) in [5.41, 5.74) is 1.07. The predicted octanol–water partition coefficient (Wildman–Crippen LogP) is 2.98. The number of hydrogen-bond acceptors (Lipinski definition) is 3. The van der Waals surface area contributed by atoms with Gasteiger partial charge in [0.25, 0.3) is 0 Å². The number of benzene rings is 1. The summed E-state index contributed by atoms with van der Waals surface area (Å²) >= 11 is 0. The Balaban J connectivity index is 2.01. The van der Waals surface area contributed by atoms with Crippen molar-refractivity contribution in [3.05, 3.63) is 29.8 Å². The number of hydrogen-bond donors (Lipinski definition) is 1. The van der Waals surface area contributed by atoms with Gasteiger partial charge in [0.2, 0.25) is 0 Å². The molecule has 0 amide bonds. The predicted molar refractivity (Wildman–Crippen MR) is 68.4 cm³/mol. The van der Waals surface area contributed by atoms with Gasteiger partial charge in [-0.25, -0.2) is 0 Å². The molecule has 1 unspecified atom stereocenters. The highest BCUT2D eigenvalue weighted by molar-refractivity contribution is 5.29. The standard InChI is InChI=1S/C14H19F2NO2/c1-14(2)8-17-7-12(18-9-14)10-3-5-11(6-4-10)19-13(15)16/h3-6,12-13,17H,7-9H2,1-2H3. The minimum absolute atomic E-state index is 0.0534. The number of ether oxygens (including phenoxy) is 2. The fourth-order valence-corrected chi connectivity index (χ4v) is 2.06. The Kier molecular flexibility index (Phi) is 4.37. The van der Waals surface area contributed by atoms with Crippen molar-refractivity contribution in [2.45, 2.75) is 26.6 Å². The van der Waals surface area contributed by atoms with Gasteiger partial charge in [0, 0.05) is 18.5 Å². The topological polar surface area (TPSA) is 30.5 Å². The molecule has 2 rings (SSSR count). The highest BCUT2D eigenvalue weighted by Crippen LogP contribution is 2.26. The molecule has 1 saturated heterocycles. The van der Waals surface area contributed by atoms with Gasteiger partial charge < -0.3 is 14.8 Å². The molecule has 1 fully saturated rings. The second-order valence-electron chi connectivity index (χ2n) is 5.54. The fourth-order valence-electron chi connectivity index (χ4n) is 2.06. The van der Waals surface area contributed by atoms with E-state index in [4.69, 9.17) is 4.74 Å². The molecule has 106 valence electrons. The quantitative estimate of drug-likeness (QED) is 0.916. The second-order valence-corrected chi connectivity index (χ2v) is 5.54. The maximum atomic E-state index is 12.1. The third-order valence-corrected chi connectivity index (χ3v) is 3.09. The maximum absolute atomic E-state index is 12.1.